The first-order chi connectivity index (χ1) is 20.3. The molecule has 0 aliphatic rings. The summed E-state index contributed by atoms with van der Waals surface area (Å²) in [6.45, 7) is 6.16. The molecular weight excluding hydrogens is 554 g/mol. The highest BCUT2D eigenvalue weighted by molar-refractivity contribution is 6.31. The molecule has 8 nitrogen and oxygen atoms in total. The van der Waals surface area contributed by atoms with Crippen molar-refractivity contribution in [3.05, 3.63) is 136 Å². The van der Waals surface area contributed by atoms with Gasteiger partial charge in [-0.1, -0.05) is 29.3 Å². The lowest BCUT2D eigenvalue weighted by Crippen LogP contribution is -2.17. The summed E-state index contributed by atoms with van der Waals surface area (Å²) < 4.78 is 19.2. The van der Waals surface area contributed by atoms with Gasteiger partial charge in [-0.25, -0.2) is 10.2 Å². The molecule has 2 aromatic heterocycles. The van der Waals surface area contributed by atoms with E-state index in [-0.39, 0.29) is 18.1 Å². The van der Waals surface area contributed by atoms with E-state index in [1.54, 1.807) is 48.5 Å². The Morgan fingerprint density at radius 1 is 0.929 bits per heavy atom. The van der Waals surface area contributed by atoms with E-state index < -0.39 is 11.9 Å². The Hall–Kier alpha value is -5.08. The van der Waals surface area contributed by atoms with Gasteiger partial charge in [0.15, 0.2) is 5.76 Å². The number of esters is 1. The van der Waals surface area contributed by atoms with Crippen molar-refractivity contribution in [3.63, 3.8) is 0 Å². The van der Waals surface area contributed by atoms with Gasteiger partial charge in [0.1, 0.15) is 23.9 Å². The molecule has 0 saturated carbocycles. The lowest BCUT2D eigenvalue weighted by molar-refractivity contribution is 0.0734. The Bertz CT molecular complexity index is 1750. The summed E-state index contributed by atoms with van der Waals surface area (Å²) in [6, 6.07) is 26.9. The summed E-state index contributed by atoms with van der Waals surface area (Å²) in [5.41, 5.74) is 7.53. The second-order valence-corrected chi connectivity index (χ2v) is 10.1. The van der Waals surface area contributed by atoms with E-state index in [1.165, 1.54) is 6.21 Å². The number of hydrazone groups is 1. The van der Waals surface area contributed by atoms with Crippen molar-refractivity contribution in [1.82, 2.24) is 9.99 Å². The van der Waals surface area contributed by atoms with Crippen molar-refractivity contribution in [3.8, 4) is 17.2 Å². The number of nitrogens with one attached hydrogen (secondary N) is 1. The largest absolute Gasteiger partial charge is 0.486 e. The molecule has 0 saturated heterocycles. The highest BCUT2D eigenvalue weighted by atomic mass is 35.5. The number of rotatable bonds is 9. The molecule has 9 heteroatoms. The number of halogens is 1. The molecular formula is C33H28ClN3O5. The first-order valence-electron chi connectivity index (χ1n) is 13.2. The molecule has 0 bridgehead atoms. The fourth-order valence-electron chi connectivity index (χ4n) is 4.36. The van der Waals surface area contributed by atoms with Crippen LogP contribution in [-0.4, -0.2) is 22.7 Å². The fourth-order valence-corrected chi connectivity index (χ4v) is 4.54. The Morgan fingerprint density at radius 3 is 2.43 bits per heavy atom. The van der Waals surface area contributed by atoms with E-state index in [4.69, 9.17) is 25.5 Å². The molecule has 0 aliphatic heterocycles. The molecule has 0 fully saturated rings. The van der Waals surface area contributed by atoms with E-state index in [0.29, 0.717) is 27.7 Å². The zero-order chi connectivity index (χ0) is 29.6. The molecule has 0 radical (unpaired) electrons. The Balaban J connectivity index is 1.17. The number of hydrogen-bond acceptors (Lipinski definition) is 6. The van der Waals surface area contributed by atoms with Crippen molar-refractivity contribution in [1.29, 1.82) is 0 Å². The molecule has 3 aromatic carbocycles. The van der Waals surface area contributed by atoms with Crippen molar-refractivity contribution in [2.24, 2.45) is 5.10 Å². The number of nitrogens with zero attached hydrogens (tertiary/aromatic N) is 2. The van der Waals surface area contributed by atoms with Crippen LogP contribution in [0.3, 0.4) is 0 Å². The molecule has 1 N–H and O–H groups in total. The van der Waals surface area contributed by atoms with Gasteiger partial charge in [-0.2, -0.15) is 5.10 Å². The molecule has 0 unspecified atom stereocenters. The van der Waals surface area contributed by atoms with Crippen molar-refractivity contribution < 1.29 is 23.5 Å². The molecule has 5 rings (SSSR count). The minimum absolute atomic E-state index is 0.0665. The lowest BCUT2D eigenvalue weighted by Gasteiger charge is -2.10. The number of benzene rings is 3. The van der Waals surface area contributed by atoms with Crippen LogP contribution in [0, 0.1) is 20.8 Å². The average Bonchev–Trinajstić information content (AvgIpc) is 3.59. The van der Waals surface area contributed by atoms with Gasteiger partial charge in [0, 0.05) is 27.7 Å². The summed E-state index contributed by atoms with van der Waals surface area (Å²) in [6.07, 6.45) is 1.34. The smallest absolute Gasteiger partial charge is 0.343 e. The maximum absolute atomic E-state index is 12.6. The van der Waals surface area contributed by atoms with Gasteiger partial charge >= 0.3 is 11.9 Å². The first kappa shape index (κ1) is 28.4. The molecule has 0 aliphatic carbocycles. The average molecular weight is 582 g/mol. The number of aryl methyl sites for hydroxylation is 3. The van der Waals surface area contributed by atoms with E-state index in [1.807, 2.05) is 37.3 Å². The van der Waals surface area contributed by atoms with Gasteiger partial charge in [-0.3, -0.25) is 4.79 Å². The van der Waals surface area contributed by atoms with Gasteiger partial charge in [0.25, 0.3) is 0 Å². The molecule has 0 spiro atoms. The maximum Gasteiger partial charge on any atom is 0.343 e. The van der Waals surface area contributed by atoms with Crippen LogP contribution in [0.4, 0.5) is 0 Å². The predicted octanol–water partition coefficient (Wildman–Crippen LogP) is 7.21. The number of carbonyl (C=O) groups is 2. The fraction of sp³-hybridized carbons (Fsp3) is 0.121. The van der Waals surface area contributed by atoms with Crippen LogP contribution in [0.25, 0.3) is 5.69 Å². The summed E-state index contributed by atoms with van der Waals surface area (Å²) in [5.74, 6) is 0.385. The normalized spacial score (nSPS) is 11.0. The monoisotopic (exact) mass is 581 g/mol. The molecule has 212 valence electrons. The standard InChI is InChI=1S/C33H28ClN3O5/c1-21-5-4-6-24(17-21)33(39)42-30-15-9-26(34)18-25(30)19-35-36-32(38)31-16-14-29(41-31)20-40-28-12-10-27(11-13-28)37-22(2)7-8-23(37)3/h4-19H,20H2,1-3H3,(H,36,38)/b35-19+. The number of carbonyl (C=O) groups excluding carboxylic acids is 2. The topological polar surface area (TPSA) is 95.1 Å². The van der Waals surface area contributed by atoms with E-state index in [2.05, 4.69) is 41.1 Å². The minimum atomic E-state index is -0.556. The Kier molecular flexibility index (Phi) is 8.55. The van der Waals surface area contributed by atoms with E-state index in [9.17, 15) is 9.59 Å². The van der Waals surface area contributed by atoms with Gasteiger partial charge < -0.3 is 18.5 Å². The molecule has 1 amide bonds. The third kappa shape index (κ3) is 6.79. The molecule has 2 heterocycles. The minimum Gasteiger partial charge on any atom is -0.486 e. The van der Waals surface area contributed by atoms with Crippen LogP contribution in [0.2, 0.25) is 5.02 Å². The number of amides is 1. The van der Waals surface area contributed by atoms with Crippen LogP contribution in [0.1, 0.15) is 49.2 Å². The van der Waals surface area contributed by atoms with Gasteiger partial charge in [-0.15, -0.1) is 0 Å². The number of furan rings is 1. The quantitative estimate of drug-likeness (QED) is 0.0858. The van der Waals surface area contributed by atoms with Crippen molar-refractivity contribution in [2.75, 3.05) is 0 Å². The maximum atomic E-state index is 12.6. The number of aromatic nitrogens is 1. The molecule has 42 heavy (non-hydrogen) atoms. The van der Waals surface area contributed by atoms with E-state index in [0.717, 1.165) is 22.6 Å². The highest BCUT2D eigenvalue weighted by Crippen LogP contribution is 2.23. The summed E-state index contributed by atoms with van der Waals surface area (Å²) in [7, 11) is 0. The summed E-state index contributed by atoms with van der Waals surface area (Å²) in [4.78, 5) is 25.2. The zero-order valence-corrected chi connectivity index (χ0v) is 24.0. The Morgan fingerprint density at radius 2 is 1.69 bits per heavy atom. The third-order valence-electron chi connectivity index (χ3n) is 6.43. The van der Waals surface area contributed by atoms with Crippen LogP contribution in [-0.2, 0) is 6.61 Å². The van der Waals surface area contributed by atoms with Crippen LogP contribution >= 0.6 is 11.6 Å². The van der Waals surface area contributed by atoms with Crippen molar-refractivity contribution in [2.45, 2.75) is 27.4 Å². The zero-order valence-electron chi connectivity index (χ0n) is 23.3. The molecule has 0 atom stereocenters. The van der Waals surface area contributed by atoms with Gasteiger partial charge in [-0.05, 0) is 99.6 Å². The predicted molar refractivity (Wildman–Crippen MR) is 161 cm³/mol. The number of hydrogen-bond donors (Lipinski definition) is 1. The third-order valence-corrected chi connectivity index (χ3v) is 6.67. The Labute approximate surface area is 248 Å². The SMILES string of the molecule is Cc1cccc(C(=O)Oc2ccc(Cl)cc2/C=N/NC(=O)c2ccc(COc3ccc(-n4c(C)ccc4C)cc3)o2)c1. The second-order valence-electron chi connectivity index (χ2n) is 9.64. The summed E-state index contributed by atoms with van der Waals surface area (Å²) in [5, 5.41) is 4.41. The van der Waals surface area contributed by atoms with Crippen LogP contribution in [0.5, 0.6) is 11.5 Å². The first-order valence-corrected chi connectivity index (χ1v) is 13.5. The number of ether oxygens (including phenoxy) is 2. The van der Waals surface area contributed by atoms with Gasteiger partial charge in [0.2, 0.25) is 0 Å². The van der Waals surface area contributed by atoms with Crippen LogP contribution < -0.4 is 14.9 Å². The van der Waals surface area contributed by atoms with Crippen LogP contribution in [0.15, 0.2) is 101 Å². The summed E-state index contributed by atoms with van der Waals surface area (Å²) >= 11 is 6.13. The second kappa shape index (κ2) is 12.6. The highest BCUT2D eigenvalue weighted by Gasteiger charge is 2.14. The van der Waals surface area contributed by atoms with Crippen molar-refractivity contribution >= 4 is 29.7 Å². The van der Waals surface area contributed by atoms with Gasteiger partial charge in [0.05, 0.1) is 11.8 Å². The lowest BCUT2D eigenvalue weighted by atomic mass is 10.1. The van der Waals surface area contributed by atoms with E-state index >= 15 is 0 Å². The molecule has 5 aromatic rings.